The number of carbonyl (C=O) groups excluding carboxylic acids is 1. The molecule has 1 aliphatic heterocycles. The topological polar surface area (TPSA) is 41.4 Å². The third-order valence-electron chi connectivity index (χ3n) is 4.43. The molecule has 1 aliphatic rings. The smallest absolute Gasteiger partial charge is 0.227 e. The second-order valence-electron chi connectivity index (χ2n) is 6.23. The number of aryl methyl sites for hydroxylation is 2. The highest BCUT2D eigenvalue weighted by Crippen LogP contribution is 2.12. The molecule has 0 spiro atoms. The van der Waals surface area contributed by atoms with Crippen LogP contribution in [-0.4, -0.2) is 51.7 Å². The van der Waals surface area contributed by atoms with E-state index in [2.05, 4.69) is 23.1 Å². The van der Waals surface area contributed by atoms with E-state index in [9.17, 15) is 4.79 Å². The van der Waals surface area contributed by atoms with Gasteiger partial charge in [-0.05, 0) is 12.5 Å². The SMILES string of the molecule is Cc1nn(C)cc1CN1CCN(C(=O)Cc2ccccc2)CC1. The number of aromatic nitrogens is 2. The third-order valence-corrected chi connectivity index (χ3v) is 4.43. The van der Waals surface area contributed by atoms with E-state index in [1.165, 1.54) is 5.56 Å². The Bertz CT molecular complexity index is 657. The van der Waals surface area contributed by atoms with Gasteiger partial charge in [0.05, 0.1) is 12.1 Å². The number of piperazine rings is 1. The quantitative estimate of drug-likeness (QED) is 0.861. The average molecular weight is 312 g/mol. The van der Waals surface area contributed by atoms with E-state index in [0.717, 1.165) is 44.0 Å². The number of nitrogens with zero attached hydrogens (tertiary/aromatic N) is 4. The van der Waals surface area contributed by atoms with Gasteiger partial charge in [-0.3, -0.25) is 14.4 Å². The Morgan fingerprint density at radius 2 is 1.83 bits per heavy atom. The zero-order valence-corrected chi connectivity index (χ0v) is 13.9. The molecule has 3 rings (SSSR count). The number of hydrogen-bond acceptors (Lipinski definition) is 3. The maximum atomic E-state index is 12.4. The van der Waals surface area contributed by atoms with Crippen molar-refractivity contribution in [2.45, 2.75) is 19.9 Å². The summed E-state index contributed by atoms with van der Waals surface area (Å²) in [6.45, 7) is 6.44. The van der Waals surface area contributed by atoms with Crippen molar-refractivity contribution in [2.24, 2.45) is 7.05 Å². The van der Waals surface area contributed by atoms with Crippen molar-refractivity contribution in [3.8, 4) is 0 Å². The molecule has 0 atom stereocenters. The molecule has 0 bridgehead atoms. The fourth-order valence-electron chi connectivity index (χ4n) is 3.08. The first kappa shape index (κ1) is 15.7. The lowest BCUT2D eigenvalue weighted by Gasteiger charge is -2.34. The highest BCUT2D eigenvalue weighted by atomic mass is 16.2. The molecule has 1 aromatic carbocycles. The number of rotatable bonds is 4. The molecule has 0 saturated carbocycles. The number of benzene rings is 1. The van der Waals surface area contributed by atoms with Gasteiger partial charge in [0.25, 0.3) is 0 Å². The Kier molecular flexibility index (Phi) is 4.76. The van der Waals surface area contributed by atoms with Crippen LogP contribution in [0.5, 0.6) is 0 Å². The van der Waals surface area contributed by atoms with Gasteiger partial charge in [-0.1, -0.05) is 30.3 Å². The van der Waals surface area contributed by atoms with E-state index >= 15 is 0 Å². The van der Waals surface area contributed by atoms with Crippen LogP contribution in [0.4, 0.5) is 0 Å². The van der Waals surface area contributed by atoms with E-state index in [1.807, 2.05) is 47.0 Å². The molecule has 1 aromatic heterocycles. The Morgan fingerprint density at radius 1 is 1.13 bits per heavy atom. The molecule has 0 radical (unpaired) electrons. The van der Waals surface area contributed by atoms with Crippen LogP contribution in [-0.2, 0) is 24.8 Å². The summed E-state index contributed by atoms with van der Waals surface area (Å²) in [6, 6.07) is 9.97. The lowest BCUT2D eigenvalue weighted by atomic mass is 10.1. The number of hydrogen-bond donors (Lipinski definition) is 0. The van der Waals surface area contributed by atoms with Crippen molar-refractivity contribution in [3.63, 3.8) is 0 Å². The summed E-state index contributed by atoms with van der Waals surface area (Å²) >= 11 is 0. The first-order valence-electron chi connectivity index (χ1n) is 8.15. The van der Waals surface area contributed by atoms with Gasteiger partial charge in [0, 0.05) is 51.5 Å². The van der Waals surface area contributed by atoms with E-state index in [-0.39, 0.29) is 5.91 Å². The van der Waals surface area contributed by atoms with Gasteiger partial charge < -0.3 is 4.90 Å². The maximum Gasteiger partial charge on any atom is 0.227 e. The lowest BCUT2D eigenvalue weighted by Crippen LogP contribution is -2.48. The Labute approximate surface area is 137 Å². The van der Waals surface area contributed by atoms with Crippen LogP contribution in [0.15, 0.2) is 36.5 Å². The van der Waals surface area contributed by atoms with Crippen LogP contribution in [0, 0.1) is 6.92 Å². The van der Waals surface area contributed by atoms with Gasteiger partial charge in [-0.25, -0.2) is 0 Å². The summed E-state index contributed by atoms with van der Waals surface area (Å²) in [6.07, 6.45) is 2.59. The second kappa shape index (κ2) is 6.96. The second-order valence-corrected chi connectivity index (χ2v) is 6.23. The minimum Gasteiger partial charge on any atom is -0.340 e. The highest BCUT2D eigenvalue weighted by molar-refractivity contribution is 5.78. The number of amides is 1. The summed E-state index contributed by atoms with van der Waals surface area (Å²) in [4.78, 5) is 16.8. The number of carbonyl (C=O) groups is 1. The van der Waals surface area contributed by atoms with Gasteiger partial charge in [-0.15, -0.1) is 0 Å². The van der Waals surface area contributed by atoms with E-state index in [0.29, 0.717) is 6.42 Å². The first-order chi connectivity index (χ1) is 11.1. The van der Waals surface area contributed by atoms with Crippen molar-refractivity contribution < 1.29 is 4.79 Å². The van der Waals surface area contributed by atoms with Gasteiger partial charge in [0.15, 0.2) is 0 Å². The molecule has 5 heteroatoms. The van der Waals surface area contributed by atoms with Crippen molar-refractivity contribution in [2.75, 3.05) is 26.2 Å². The molecule has 2 aromatic rings. The van der Waals surface area contributed by atoms with E-state index < -0.39 is 0 Å². The van der Waals surface area contributed by atoms with E-state index in [1.54, 1.807) is 0 Å². The molecule has 0 N–H and O–H groups in total. The van der Waals surface area contributed by atoms with Crippen LogP contribution in [0.1, 0.15) is 16.8 Å². The fourth-order valence-corrected chi connectivity index (χ4v) is 3.08. The molecular weight excluding hydrogens is 288 g/mol. The highest BCUT2D eigenvalue weighted by Gasteiger charge is 2.21. The minimum atomic E-state index is 0.230. The third kappa shape index (κ3) is 3.99. The zero-order chi connectivity index (χ0) is 16.2. The summed E-state index contributed by atoms with van der Waals surface area (Å²) in [5.74, 6) is 0.230. The molecular formula is C18H24N4O. The fraction of sp³-hybridized carbons (Fsp3) is 0.444. The van der Waals surface area contributed by atoms with Crippen molar-refractivity contribution in [1.82, 2.24) is 19.6 Å². The normalized spacial score (nSPS) is 15.8. The molecule has 0 aliphatic carbocycles. The molecule has 1 fully saturated rings. The van der Waals surface area contributed by atoms with Crippen LogP contribution in [0.2, 0.25) is 0 Å². The molecule has 1 saturated heterocycles. The van der Waals surface area contributed by atoms with Crippen LogP contribution in [0.3, 0.4) is 0 Å². The van der Waals surface area contributed by atoms with Gasteiger partial charge in [0.1, 0.15) is 0 Å². The van der Waals surface area contributed by atoms with E-state index in [4.69, 9.17) is 0 Å². The van der Waals surface area contributed by atoms with Crippen molar-refractivity contribution in [1.29, 1.82) is 0 Å². The van der Waals surface area contributed by atoms with Gasteiger partial charge in [-0.2, -0.15) is 5.10 Å². The van der Waals surface area contributed by atoms with Crippen molar-refractivity contribution in [3.05, 3.63) is 53.3 Å². The van der Waals surface area contributed by atoms with Crippen LogP contribution >= 0.6 is 0 Å². The molecule has 1 amide bonds. The maximum absolute atomic E-state index is 12.4. The largest absolute Gasteiger partial charge is 0.340 e. The predicted octanol–water partition coefficient (Wildman–Crippen LogP) is 1.62. The summed E-state index contributed by atoms with van der Waals surface area (Å²) in [7, 11) is 1.96. The first-order valence-corrected chi connectivity index (χ1v) is 8.15. The molecule has 5 nitrogen and oxygen atoms in total. The molecule has 122 valence electrons. The Hall–Kier alpha value is -2.14. The summed E-state index contributed by atoms with van der Waals surface area (Å²) in [5, 5.41) is 4.39. The predicted molar refractivity (Wildman–Crippen MR) is 89.9 cm³/mol. The monoisotopic (exact) mass is 312 g/mol. The lowest BCUT2D eigenvalue weighted by molar-refractivity contribution is -0.132. The van der Waals surface area contributed by atoms with Gasteiger partial charge >= 0.3 is 0 Å². The Balaban J connectivity index is 1.50. The molecule has 23 heavy (non-hydrogen) atoms. The van der Waals surface area contributed by atoms with Gasteiger partial charge in [0.2, 0.25) is 5.91 Å². The Morgan fingerprint density at radius 3 is 2.43 bits per heavy atom. The standard InChI is InChI=1S/C18H24N4O/c1-15-17(13-20(2)19-15)14-21-8-10-22(11-9-21)18(23)12-16-6-4-3-5-7-16/h3-7,13H,8-12,14H2,1-2H3. The van der Waals surface area contributed by atoms with Crippen molar-refractivity contribution >= 4 is 5.91 Å². The summed E-state index contributed by atoms with van der Waals surface area (Å²) < 4.78 is 1.87. The van der Waals surface area contributed by atoms with Crippen LogP contribution in [0.25, 0.3) is 0 Å². The summed E-state index contributed by atoms with van der Waals surface area (Å²) in [5.41, 5.74) is 3.46. The molecule has 0 unspecified atom stereocenters. The zero-order valence-electron chi connectivity index (χ0n) is 13.9. The molecule has 2 heterocycles. The van der Waals surface area contributed by atoms with Crippen LogP contribution < -0.4 is 0 Å². The minimum absolute atomic E-state index is 0.230. The average Bonchev–Trinajstić information content (AvgIpc) is 2.86.